The summed E-state index contributed by atoms with van der Waals surface area (Å²) in [6, 6.07) is 4.11. The minimum absolute atomic E-state index is 0.0560. The zero-order chi connectivity index (χ0) is 13.3. The van der Waals surface area contributed by atoms with Crippen molar-refractivity contribution in [2.75, 3.05) is 36.1 Å². The van der Waals surface area contributed by atoms with Crippen LogP contribution in [0.3, 0.4) is 0 Å². The van der Waals surface area contributed by atoms with Gasteiger partial charge in [0.05, 0.1) is 5.56 Å². The Balaban J connectivity index is 1.62. The molecule has 0 radical (unpaired) electrons. The zero-order valence-corrected chi connectivity index (χ0v) is 12.4. The number of aromatic nitrogens is 1. The fraction of sp³-hybridized carbons (Fsp3) is 0.538. The van der Waals surface area contributed by atoms with Gasteiger partial charge in [0, 0.05) is 54.5 Å². The van der Waals surface area contributed by atoms with Crippen molar-refractivity contribution in [3.8, 4) is 0 Å². The lowest BCUT2D eigenvalue weighted by atomic mass is 10.3. The Morgan fingerprint density at radius 1 is 1.32 bits per heavy atom. The quantitative estimate of drug-likeness (QED) is 0.801. The Hall–Kier alpha value is -0.720. The molecule has 1 amide bonds. The van der Waals surface area contributed by atoms with Crippen LogP contribution in [0.15, 0.2) is 24.5 Å². The van der Waals surface area contributed by atoms with E-state index in [-0.39, 0.29) is 5.91 Å². The number of carbonyl (C=O) groups is 1. The molecule has 1 aromatic heterocycles. The number of hydrogen-bond acceptors (Lipinski definition) is 5. The third kappa shape index (κ3) is 5.42. The Bertz CT molecular complexity index is 381. The second-order valence-corrected chi connectivity index (χ2v) is 6.60. The monoisotopic (exact) mass is 297 g/mol. The first-order valence-corrected chi connectivity index (χ1v) is 8.74. The van der Waals surface area contributed by atoms with Gasteiger partial charge < -0.3 is 10.6 Å². The van der Waals surface area contributed by atoms with Gasteiger partial charge in [-0.25, -0.2) is 0 Å². The van der Waals surface area contributed by atoms with Crippen molar-refractivity contribution in [2.24, 2.45) is 0 Å². The highest BCUT2D eigenvalue weighted by Gasteiger charge is 2.11. The molecule has 4 nitrogen and oxygen atoms in total. The summed E-state index contributed by atoms with van der Waals surface area (Å²) in [6.45, 7) is 1.47. The van der Waals surface area contributed by atoms with Gasteiger partial charge in [0.15, 0.2) is 0 Å². The Kier molecular flexibility index (Phi) is 6.53. The van der Waals surface area contributed by atoms with Crippen LogP contribution in [-0.4, -0.2) is 53.0 Å². The Morgan fingerprint density at radius 2 is 2.11 bits per heavy atom. The molecule has 2 rings (SSSR count). The smallest absolute Gasteiger partial charge is 0.252 e. The highest BCUT2D eigenvalue weighted by Crippen LogP contribution is 2.16. The minimum atomic E-state index is -0.0560. The number of thioether (sulfide) groups is 2. The van der Waals surface area contributed by atoms with Gasteiger partial charge in [0.1, 0.15) is 0 Å². The minimum Gasteiger partial charge on any atom is -0.351 e. The van der Waals surface area contributed by atoms with Gasteiger partial charge in [-0.05, 0) is 12.1 Å². The predicted molar refractivity (Wildman–Crippen MR) is 83.0 cm³/mol. The molecule has 0 atom stereocenters. The molecule has 6 heteroatoms. The van der Waals surface area contributed by atoms with Gasteiger partial charge >= 0.3 is 0 Å². The molecule has 0 spiro atoms. The second-order valence-electron chi connectivity index (χ2n) is 4.30. The molecular weight excluding hydrogens is 278 g/mol. The molecule has 0 aliphatic carbocycles. The maximum absolute atomic E-state index is 11.8. The number of pyridine rings is 1. The average molecular weight is 297 g/mol. The predicted octanol–water partition coefficient (Wildman–Crippen LogP) is 1.25. The van der Waals surface area contributed by atoms with E-state index in [1.165, 1.54) is 23.0 Å². The molecule has 1 saturated heterocycles. The summed E-state index contributed by atoms with van der Waals surface area (Å²) in [5, 5.41) is 6.40. The lowest BCUT2D eigenvalue weighted by molar-refractivity contribution is 0.0953. The summed E-state index contributed by atoms with van der Waals surface area (Å²) >= 11 is 4.01. The van der Waals surface area contributed by atoms with Crippen LogP contribution >= 0.6 is 23.5 Å². The fourth-order valence-corrected chi connectivity index (χ4v) is 4.25. The van der Waals surface area contributed by atoms with Gasteiger partial charge in [-0.15, -0.1) is 0 Å². The molecule has 1 aliphatic rings. The van der Waals surface area contributed by atoms with E-state index in [0.29, 0.717) is 18.2 Å². The van der Waals surface area contributed by atoms with Gasteiger partial charge in [0.25, 0.3) is 5.91 Å². The van der Waals surface area contributed by atoms with E-state index in [1.807, 2.05) is 23.5 Å². The van der Waals surface area contributed by atoms with E-state index < -0.39 is 0 Å². The van der Waals surface area contributed by atoms with Crippen LogP contribution in [0.1, 0.15) is 10.4 Å². The van der Waals surface area contributed by atoms with Crippen molar-refractivity contribution in [2.45, 2.75) is 6.04 Å². The highest BCUT2D eigenvalue weighted by atomic mass is 32.2. The lowest BCUT2D eigenvalue weighted by Crippen LogP contribution is -2.39. The van der Waals surface area contributed by atoms with E-state index in [4.69, 9.17) is 0 Å². The first kappa shape index (κ1) is 14.7. The molecule has 1 aliphatic heterocycles. The summed E-state index contributed by atoms with van der Waals surface area (Å²) in [7, 11) is 0. The molecule has 1 fully saturated rings. The molecular formula is C13H19N3OS2. The van der Waals surface area contributed by atoms with Crippen molar-refractivity contribution >= 4 is 29.4 Å². The lowest BCUT2D eigenvalue weighted by Gasteiger charge is -2.15. The fourth-order valence-electron chi connectivity index (χ4n) is 1.79. The van der Waals surface area contributed by atoms with Crippen molar-refractivity contribution in [3.63, 3.8) is 0 Å². The number of hydrogen-bond donors (Lipinski definition) is 2. The molecule has 0 unspecified atom stereocenters. The summed E-state index contributed by atoms with van der Waals surface area (Å²) in [4.78, 5) is 15.7. The van der Waals surface area contributed by atoms with E-state index in [1.54, 1.807) is 24.5 Å². The van der Waals surface area contributed by atoms with Crippen LogP contribution < -0.4 is 10.6 Å². The maximum Gasteiger partial charge on any atom is 0.252 e. The third-order valence-electron chi connectivity index (χ3n) is 2.78. The summed E-state index contributed by atoms with van der Waals surface area (Å²) in [5.74, 6) is 4.79. The van der Waals surface area contributed by atoms with Crippen molar-refractivity contribution in [1.29, 1.82) is 0 Å². The first-order valence-electron chi connectivity index (χ1n) is 6.43. The summed E-state index contributed by atoms with van der Waals surface area (Å²) in [6.07, 6.45) is 3.25. The number of amides is 1. The van der Waals surface area contributed by atoms with E-state index in [2.05, 4.69) is 15.6 Å². The number of nitrogens with one attached hydrogen (secondary N) is 2. The van der Waals surface area contributed by atoms with Gasteiger partial charge in [0.2, 0.25) is 0 Å². The van der Waals surface area contributed by atoms with E-state index in [0.717, 1.165) is 6.54 Å². The zero-order valence-electron chi connectivity index (χ0n) is 10.8. The molecule has 1 aromatic rings. The maximum atomic E-state index is 11.8. The van der Waals surface area contributed by atoms with Crippen LogP contribution in [0.4, 0.5) is 0 Å². The van der Waals surface area contributed by atoms with E-state index in [9.17, 15) is 4.79 Å². The van der Waals surface area contributed by atoms with Crippen LogP contribution in [0.25, 0.3) is 0 Å². The van der Waals surface area contributed by atoms with Crippen LogP contribution in [0, 0.1) is 0 Å². The largest absolute Gasteiger partial charge is 0.351 e. The van der Waals surface area contributed by atoms with Gasteiger partial charge in [-0.3, -0.25) is 9.78 Å². The molecule has 2 N–H and O–H groups in total. The molecule has 0 aromatic carbocycles. The van der Waals surface area contributed by atoms with Crippen molar-refractivity contribution < 1.29 is 4.79 Å². The molecule has 0 bridgehead atoms. The number of carbonyl (C=O) groups excluding carboxylic acids is 1. The van der Waals surface area contributed by atoms with E-state index >= 15 is 0 Å². The second kappa shape index (κ2) is 8.45. The Morgan fingerprint density at radius 3 is 2.79 bits per heavy atom. The number of rotatable bonds is 5. The summed E-state index contributed by atoms with van der Waals surface area (Å²) < 4.78 is 0. The molecule has 19 heavy (non-hydrogen) atoms. The van der Waals surface area contributed by atoms with Crippen LogP contribution in [0.5, 0.6) is 0 Å². The standard InChI is InChI=1S/C13H19N3OS2/c17-13(11-2-1-3-14-8-11)16-5-4-15-12-9-18-6-7-19-10-12/h1-3,8,12,15H,4-7,9-10H2,(H,16,17). The SMILES string of the molecule is O=C(NCCNC1CSCCSC1)c1cccnc1. The van der Waals surface area contributed by atoms with Gasteiger partial charge in [-0.2, -0.15) is 23.5 Å². The Labute approximate surface area is 122 Å². The molecule has 0 saturated carbocycles. The third-order valence-corrected chi connectivity index (χ3v) is 5.30. The van der Waals surface area contributed by atoms with Crippen LogP contribution in [0.2, 0.25) is 0 Å². The van der Waals surface area contributed by atoms with Crippen LogP contribution in [-0.2, 0) is 0 Å². The average Bonchev–Trinajstić information content (AvgIpc) is 2.73. The first-order chi connectivity index (χ1) is 9.36. The molecule has 2 heterocycles. The van der Waals surface area contributed by atoms with Crippen molar-refractivity contribution in [3.05, 3.63) is 30.1 Å². The highest BCUT2D eigenvalue weighted by molar-refractivity contribution is 8.03. The molecule has 104 valence electrons. The van der Waals surface area contributed by atoms with Gasteiger partial charge in [-0.1, -0.05) is 0 Å². The van der Waals surface area contributed by atoms with Crippen molar-refractivity contribution in [1.82, 2.24) is 15.6 Å². The number of nitrogens with zero attached hydrogens (tertiary/aromatic N) is 1. The topological polar surface area (TPSA) is 54.0 Å². The summed E-state index contributed by atoms with van der Waals surface area (Å²) in [5.41, 5.74) is 0.614. The normalized spacial score (nSPS) is 16.8.